The van der Waals surface area contributed by atoms with Gasteiger partial charge in [-0.3, -0.25) is 4.79 Å². The molecule has 0 radical (unpaired) electrons. The number of nitrogens with one attached hydrogen (secondary N) is 1. The van der Waals surface area contributed by atoms with Crippen LogP contribution in [0.15, 0.2) is 18.2 Å². The minimum atomic E-state index is -0.656. The summed E-state index contributed by atoms with van der Waals surface area (Å²) in [6.45, 7) is 3.97. The molecule has 112 valence electrons. The van der Waals surface area contributed by atoms with E-state index in [9.17, 15) is 4.79 Å². The van der Waals surface area contributed by atoms with Gasteiger partial charge in [-0.1, -0.05) is 13.0 Å². The average Bonchev–Trinajstić information content (AvgIpc) is 2.96. The molecule has 0 saturated heterocycles. The van der Waals surface area contributed by atoms with Crippen LogP contribution in [-0.4, -0.2) is 34.5 Å². The van der Waals surface area contributed by atoms with Gasteiger partial charge in [0.05, 0.1) is 18.8 Å². The molecule has 0 aliphatic carbocycles. The number of nitrogens with two attached hydrogens (primary N) is 1. The summed E-state index contributed by atoms with van der Waals surface area (Å²) in [4.78, 5) is 11.4. The van der Waals surface area contributed by atoms with Crippen LogP contribution in [-0.2, 0) is 0 Å². The van der Waals surface area contributed by atoms with Crippen molar-refractivity contribution >= 4 is 5.91 Å². The van der Waals surface area contributed by atoms with Crippen LogP contribution in [0.2, 0.25) is 0 Å². The molecule has 1 atom stereocenters. The summed E-state index contributed by atoms with van der Waals surface area (Å²) in [5.41, 5.74) is 6.33. The number of amides is 1. The Kier molecular flexibility index (Phi) is 4.42. The van der Waals surface area contributed by atoms with E-state index in [4.69, 9.17) is 15.2 Å². The van der Waals surface area contributed by atoms with Crippen LogP contribution in [0.1, 0.15) is 30.8 Å². The molecule has 0 bridgehead atoms. The van der Waals surface area contributed by atoms with Gasteiger partial charge < -0.3 is 15.2 Å². The van der Waals surface area contributed by atoms with Gasteiger partial charge in [0, 0.05) is 0 Å². The van der Waals surface area contributed by atoms with E-state index in [1.807, 2.05) is 13.8 Å². The summed E-state index contributed by atoms with van der Waals surface area (Å²) in [5.74, 6) is 0.424. The zero-order valence-electron chi connectivity index (χ0n) is 12.2. The molecule has 2 rings (SSSR count). The van der Waals surface area contributed by atoms with Gasteiger partial charge in [-0.2, -0.15) is 15.4 Å². The molecule has 0 fully saturated rings. The van der Waals surface area contributed by atoms with Crippen LogP contribution in [0.5, 0.6) is 11.5 Å². The first-order valence-corrected chi connectivity index (χ1v) is 6.63. The molecule has 1 amide bonds. The standard InChI is InChI=1S/C14H18N4O3/c1-4-8(2)21-13-9(6-5-7-10(13)20-3)11-12(14(15)19)17-18-16-11/h5-8H,4H2,1-3H3,(H2,15,19)(H,16,17,18). The van der Waals surface area contributed by atoms with Crippen molar-refractivity contribution in [2.75, 3.05) is 7.11 Å². The number of rotatable bonds is 6. The van der Waals surface area contributed by atoms with E-state index in [1.54, 1.807) is 25.3 Å². The number of nitrogens with zero attached hydrogens (tertiary/aromatic N) is 2. The van der Waals surface area contributed by atoms with Crippen LogP contribution >= 0.6 is 0 Å². The lowest BCUT2D eigenvalue weighted by molar-refractivity contribution is 0.0996. The Labute approximate surface area is 122 Å². The number of para-hydroxylation sites is 1. The summed E-state index contributed by atoms with van der Waals surface area (Å²) >= 11 is 0. The topological polar surface area (TPSA) is 103 Å². The van der Waals surface area contributed by atoms with Crippen LogP contribution in [0.3, 0.4) is 0 Å². The summed E-state index contributed by atoms with van der Waals surface area (Å²) in [6.07, 6.45) is 0.822. The fourth-order valence-electron chi connectivity index (χ4n) is 1.86. The van der Waals surface area contributed by atoms with Gasteiger partial charge in [0.15, 0.2) is 17.2 Å². The highest BCUT2D eigenvalue weighted by molar-refractivity contribution is 5.97. The summed E-state index contributed by atoms with van der Waals surface area (Å²) < 4.78 is 11.2. The van der Waals surface area contributed by atoms with Crippen molar-refractivity contribution in [1.29, 1.82) is 0 Å². The van der Waals surface area contributed by atoms with E-state index >= 15 is 0 Å². The number of benzene rings is 1. The Bertz CT molecular complexity index is 639. The number of H-pyrrole nitrogens is 1. The van der Waals surface area contributed by atoms with E-state index in [2.05, 4.69) is 15.4 Å². The quantitative estimate of drug-likeness (QED) is 0.843. The number of aromatic amines is 1. The van der Waals surface area contributed by atoms with Crippen LogP contribution in [0.4, 0.5) is 0 Å². The minimum absolute atomic E-state index is 0.0102. The number of ether oxygens (including phenoxy) is 2. The molecular weight excluding hydrogens is 272 g/mol. The van der Waals surface area contributed by atoms with E-state index in [-0.39, 0.29) is 11.8 Å². The smallest absolute Gasteiger partial charge is 0.271 e. The largest absolute Gasteiger partial charge is 0.493 e. The molecule has 0 aliphatic heterocycles. The fourth-order valence-corrected chi connectivity index (χ4v) is 1.86. The third-order valence-electron chi connectivity index (χ3n) is 3.13. The number of methoxy groups -OCH3 is 1. The van der Waals surface area contributed by atoms with Crippen molar-refractivity contribution in [2.45, 2.75) is 26.4 Å². The minimum Gasteiger partial charge on any atom is -0.493 e. The summed E-state index contributed by atoms with van der Waals surface area (Å²) in [5, 5.41) is 10.2. The molecule has 7 heteroatoms. The summed E-state index contributed by atoms with van der Waals surface area (Å²) in [7, 11) is 1.56. The van der Waals surface area contributed by atoms with Crippen LogP contribution in [0, 0.1) is 0 Å². The van der Waals surface area contributed by atoms with E-state index in [1.165, 1.54) is 0 Å². The van der Waals surface area contributed by atoms with Gasteiger partial charge >= 0.3 is 0 Å². The predicted molar refractivity (Wildman–Crippen MR) is 77.3 cm³/mol. The van der Waals surface area contributed by atoms with Crippen molar-refractivity contribution in [3.63, 3.8) is 0 Å². The van der Waals surface area contributed by atoms with Crippen LogP contribution < -0.4 is 15.2 Å². The lowest BCUT2D eigenvalue weighted by Crippen LogP contribution is -2.14. The number of hydrogen-bond donors (Lipinski definition) is 2. The molecule has 21 heavy (non-hydrogen) atoms. The molecule has 3 N–H and O–H groups in total. The van der Waals surface area contributed by atoms with Crippen molar-refractivity contribution in [2.24, 2.45) is 5.73 Å². The van der Waals surface area contributed by atoms with Gasteiger partial charge in [-0.25, -0.2) is 0 Å². The third-order valence-corrected chi connectivity index (χ3v) is 3.13. The lowest BCUT2D eigenvalue weighted by atomic mass is 10.1. The Balaban J connectivity index is 2.57. The molecule has 1 unspecified atom stereocenters. The zero-order valence-corrected chi connectivity index (χ0v) is 12.2. The molecule has 0 aliphatic rings. The maximum atomic E-state index is 11.4. The highest BCUT2D eigenvalue weighted by atomic mass is 16.5. The first-order chi connectivity index (χ1) is 10.1. The van der Waals surface area contributed by atoms with Gasteiger partial charge in [0.1, 0.15) is 5.69 Å². The van der Waals surface area contributed by atoms with Gasteiger partial charge in [0.25, 0.3) is 5.91 Å². The Morgan fingerprint density at radius 2 is 2.19 bits per heavy atom. The fraction of sp³-hybridized carbons (Fsp3) is 0.357. The second kappa shape index (κ2) is 6.25. The molecule has 1 heterocycles. The van der Waals surface area contributed by atoms with Gasteiger partial charge in [-0.05, 0) is 25.5 Å². The SMILES string of the molecule is CCC(C)Oc1c(OC)cccc1-c1n[nH]nc1C(N)=O. The van der Waals surface area contributed by atoms with Crippen LogP contribution in [0.25, 0.3) is 11.3 Å². The second-order valence-corrected chi connectivity index (χ2v) is 4.56. The Morgan fingerprint density at radius 1 is 1.43 bits per heavy atom. The molecule has 1 aromatic heterocycles. The molecular formula is C14H18N4O3. The van der Waals surface area contributed by atoms with Crippen molar-refractivity contribution < 1.29 is 14.3 Å². The first kappa shape index (κ1) is 14.8. The number of carbonyl (C=O) groups is 1. The van der Waals surface area contributed by atoms with Gasteiger partial charge in [0.2, 0.25) is 0 Å². The number of primary amides is 1. The van der Waals surface area contributed by atoms with Crippen molar-refractivity contribution in [1.82, 2.24) is 15.4 Å². The number of carbonyl (C=O) groups excluding carboxylic acids is 1. The van der Waals surface area contributed by atoms with E-state index in [0.29, 0.717) is 22.8 Å². The Morgan fingerprint density at radius 3 is 2.81 bits per heavy atom. The van der Waals surface area contributed by atoms with Crippen molar-refractivity contribution in [3.8, 4) is 22.8 Å². The zero-order chi connectivity index (χ0) is 15.4. The predicted octanol–water partition coefficient (Wildman–Crippen LogP) is 1.76. The molecule has 2 aromatic rings. The summed E-state index contributed by atoms with van der Waals surface area (Å²) in [6, 6.07) is 5.35. The molecule has 1 aromatic carbocycles. The van der Waals surface area contributed by atoms with Gasteiger partial charge in [-0.15, -0.1) is 0 Å². The highest BCUT2D eigenvalue weighted by Gasteiger charge is 2.22. The molecule has 7 nitrogen and oxygen atoms in total. The number of aromatic nitrogens is 3. The van der Waals surface area contributed by atoms with E-state index in [0.717, 1.165) is 6.42 Å². The molecule has 0 spiro atoms. The normalized spacial score (nSPS) is 12.0. The third kappa shape index (κ3) is 2.96. The van der Waals surface area contributed by atoms with Crippen molar-refractivity contribution in [3.05, 3.63) is 23.9 Å². The second-order valence-electron chi connectivity index (χ2n) is 4.56. The maximum Gasteiger partial charge on any atom is 0.271 e. The number of hydrogen-bond acceptors (Lipinski definition) is 5. The van der Waals surface area contributed by atoms with E-state index < -0.39 is 5.91 Å². The monoisotopic (exact) mass is 290 g/mol. The Hall–Kier alpha value is -2.57. The lowest BCUT2D eigenvalue weighted by Gasteiger charge is -2.18. The highest BCUT2D eigenvalue weighted by Crippen LogP contribution is 2.38. The first-order valence-electron chi connectivity index (χ1n) is 6.63. The maximum absolute atomic E-state index is 11.4. The average molecular weight is 290 g/mol. The molecule has 0 saturated carbocycles.